The lowest BCUT2D eigenvalue weighted by Gasteiger charge is -2.07. The van der Waals surface area contributed by atoms with E-state index in [2.05, 4.69) is 17.2 Å². The van der Waals surface area contributed by atoms with Gasteiger partial charge in [-0.3, -0.25) is 10.1 Å². The number of rotatable bonds is 8. The Labute approximate surface area is 110 Å². The van der Waals surface area contributed by atoms with Crippen molar-refractivity contribution in [3.63, 3.8) is 0 Å². The van der Waals surface area contributed by atoms with E-state index in [1.54, 1.807) is 0 Å². The number of ether oxygens (including phenoxy) is 1. The molecular weight excluding hydrogens is 258 g/mol. The lowest BCUT2D eigenvalue weighted by Crippen LogP contribution is -2.12. The smallest absolute Gasteiger partial charge is 0.311 e. The number of halogens is 1. The SMILES string of the molecule is CCCCOCCNc1nc(Cl)ccc1[N+](=O)[O-]. The first-order valence-corrected chi connectivity index (χ1v) is 6.15. The molecule has 0 bridgehead atoms. The van der Waals surface area contributed by atoms with Crippen LogP contribution in [0.25, 0.3) is 0 Å². The van der Waals surface area contributed by atoms with Crippen LogP contribution in [0.5, 0.6) is 0 Å². The number of nitrogens with one attached hydrogen (secondary N) is 1. The summed E-state index contributed by atoms with van der Waals surface area (Å²) in [4.78, 5) is 14.1. The molecule has 0 amide bonds. The Bertz CT molecular complexity index is 401. The summed E-state index contributed by atoms with van der Waals surface area (Å²) >= 11 is 5.70. The molecule has 0 aliphatic heterocycles. The van der Waals surface area contributed by atoms with Crippen molar-refractivity contribution >= 4 is 23.1 Å². The van der Waals surface area contributed by atoms with E-state index in [0.29, 0.717) is 19.8 Å². The molecule has 0 fully saturated rings. The highest BCUT2D eigenvalue weighted by molar-refractivity contribution is 6.29. The molecule has 0 unspecified atom stereocenters. The van der Waals surface area contributed by atoms with Gasteiger partial charge in [0.25, 0.3) is 0 Å². The van der Waals surface area contributed by atoms with Gasteiger partial charge in [-0.1, -0.05) is 24.9 Å². The average molecular weight is 274 g/mol. The van der Waals surface area contributed by atoms with Gasteiger partial charge in [-0.2, -0.15) is 0 Å². The van der Waals surface area contributed by atoms with Crippen molar-refractivity contribution in [2.45, 2.75) is 19.8 Å². The number of aromatic nitrogens is 1. The minimum Gasteiger partial charge on any atom is -0.380 e. The van der Waals surface area contributed by atoms with Gasteiger partial charge in [0.1, 0.15) is 5.15 Å². The fourth-order valence-electron chi connectivity index (χ4n) is 1.30. The molecule has 1 aromatic heterocycles. The summed E-state index contributed by atoms with van der Waals surface area (Å²) < 4.78 is 5.33. The van der Waals surface area contributed by atoms with Gasteiger partial charge in [-0.25, -0.2) is 4.98 Å². The summed E-state index contributed by atoms with van der Waals surface area (Å²) in [6, 6.07) is 2.72. The highest BCUT2D eigenvalue weighted by Gasteiger charge is 2.14. The quantitative estimate of drug-likeness (QED) is 0.341. The second kappa shape index (κ2) is 7.84. The molecule has 0 atom stereocenters. The lowest BCUT2D eigenvalue weighted by molar-refractivity contribution is -0.384. The summed E-state index contributed by atoms with van der Waals surface area (Å²) in [7, 11) is 0. The maximum atomic E-state index is 10.8. The maximum absolute atomic E-state index is 10.8. The minimum atomic E-state index is -0.496. The van der Waals surface area contributed by atoms with Crippen LogP contribution in [0.4, 0.5) is 11.5 Å². The zero-order valence-electron chi connectivity index (χ0n) is 10.2. The number of unbranched alkanes of at least 4 members (excludes halogenated alkanes) is 1. The van der Waals surface area contributed by atoms with Crippen LogP contribution in [-0.2, 0) is 4.74 Å². The van der Waals surface area contributed by atoms with E-state index in [1.807, 2.05) is 0 Å². The van der Waals surface area contributed by atoms with Crippen molar-refractivity contribution < 1.29 is 9.66 Å². The second-order valence-corrected chi connectivity index (χ2v) is 4.04. The Hall–Kier alpha value is -1.40. The van der Waals surface area contributed by atoms with Crippen molar-refractivity contribution in [2.75, 3.05) is 25.1 Å². The fraction of sp³-hybridized carbons (Fsp3) is 0.545. The molecular formula is C11H16ClN3O3. The zero-order valence-corrected chi connectivity index (χ0v) is 10.9. The first kappa shape index (κ1) is 14.7. The molecule has 100 valence electrons. The highest BCUT2D eigenvalue weighted by Crippen LogP contribution is 2.23. The standard InChI is InChI=1S/C11H16ClN3O3/c1-2-3-7-18-8-6-13-11-9(15(16)17)4-5-10(12)14-11/h4-5H,2-3,6-8H2,1H3,(H,13,14). The van der Waals surface area contributed by atoms with Gasteiger partial charge in [-0.05, 0) is 12.5 Å². The zero-order chi connectivity index (χ0) is 13.4. The number of hydrogen-bond acceptors (Lipinski definition) is 5. The monoisotopic (exact) mass is 273 g/mol. The van der Waals surface area contributed by atoms with Crippen LogP contribution in [-0.4, -0.2) is 29.7 Å². The first-order chi connectivity index (χ1) is 8.65. The molecule has 1 N–H and O–H groups in total. The number of anilines is 1. The van der Waals surface area contributed by atoms with Gasteiger partial charge in [-0.15, -0.1) is 0 Å². The van der Waals surface area contributed by atoms with Gasteiger partial charge < -0.3 is 10.1 Å². The van der Waals surface area contributed by atoms with E-state index in [4.69, 9.17) is 16.3 Å². The van der Waals surface area contributed by atoms with Crippen LogP contribution in [0, 0.1) is 10.1 Å². The van der Waals surface area contributed by atoms with Crippen molar-refractivity contribution in [2.24, 2.45) is 0 Å². The number of nitrogens with zero attached hydrogens (tertiary/aromatic N) is 2. The number of pyridine rings is 1. The first-order valence-electron chi connectivity index (χ1n) is 5.77. The van der Waals surface area contributed by atoms with Gasteiger partial charge in [0, 0.05) is 19.2 Å². The number of nitro groups is 1. The Morgan fingerprint density at radius 3 is 2.94 bits per heavy atom. The van der Waals surface area contributed by atoms with Crippen LogP contribution in [0.1, 0.15) is 19.8 Å². The Balaban J connectivity index is 2.45. The Morgan fingerprint density at radius 2 is 2.28 bits per heavy atom. The molecule has 6 nitrogen and oxygen atoms in total. The molecule has 1 aromatic rings. The van der Waals surface area contributed by atoms with Crippen LogP contribution >= 0.6 is 11.6 Å². The molecule has 18 heavy (non-hydrogen) atoms. The van der Waals surface area contributed by atoms with Crippen LogP contribution in [0.15, 0.2) is 12.1 Å². The number of hydrogen-bond donors (Lipinski definition) is 1. The van der Waals surface area contributed by atoms with E-state index >= 15 is 0 Å². The fourth-order valence-corrected chi connectivity index (χ4v) is 1.44. The van der Waals surface area contributed by atoms with Crippen molar-refractivity contribution in [1.82, 2.24) is 4.98 Å². The third-order valence-corrected chi connectivity index (χ3v) is 2.43. The third kappa shape index (κ3) is 4.85. The molecule has 1 rings (SSSR count). The van der Waals surface area contributed by atoms with Gasteiger partial charge in [0.15, 0.2) is 0 Å². The van der Waals surface area contributed by atoms with E-state index < -0.39 is 4.92 Å². The van der Waals surface area contributed by atoms with Crippen LogP contribution < -0.4 is 5.32 Å². The normalized spacial score (nSPS) is 10.3. The largest absolute Gasteiger partial charge is 0.380 e. The van der Waals surface area contributed by atoms with Gasteiger partial charge >= 0.3 is 5.69 Å². The van der Waals surface area contributed by atoms with Gasteiger partial charge in [0.05, 0.1) is 11.5 Å². The third-order valence-electron chi connectivity index (χ3n) is 2.22. The summed E-state index contributed by atoms with van der Waals surface area (Å²) in [6.45, 7) is 3.72. The predicted molar refractivity (Wildman–Crippen MR) is 70.1 cm³/mol. The molecule has 0 saturated carbocycles. The molecule has 0 aliphatic rings. The van der Waals surface area contributed by atoms with E-state index in [9.17, 15) is 10.1 Å². The Morgan fingerprint density at radius 1 is 1.50 bits per heavy atom. The average Bonchev–Trinajstić information content (AvgIpc) is 2.33. The van der Waals surface area contributed by atoms with Crippen molar-refractivity contribution in [3.8, 4) is 0 Å². The topological polar surface area (TPSA) is 77.3 Å². The van der Waals surface area contributed by atoms with Gasteiger partial charge in [0.2, 0.25) is 5.82 Å². The predicted octanol–water partition coefficient (Wildman–Crippen LogP) is 2.87. The molecule has 0 radical (unpaired) electrons. The van der Waals surface area contributed by atoms with Crippen molar-refractivity contribution in [3.05, 3.63) is 27.4 Å². The Kier molecular flexibility index (Phi) is 6.38. The molecule has 0 saturated heterocycles. The highest BCUT2D eigenvalue weighted by atomic mass is 35.5. The van der Waals surface area contributed by atoms with Crippen LogP contribution in [0.2, 0.25) is 5.15 Å². The molecule has 1 heterocycles. The summed E-state index contributed by atoms with van der Waals surface area (Å²) in [5.41, 5.74) is -0.0899. The van der Waals surface area contributed by atoms with E-state index in [0.717, 1.165) is 12.8 Å². The van der Waals surface area contributed by atoms with E-state index in [1.165, 1.54) is 12.1 Å². The van der Waals surface area contributed by atoms with Crippen LogP contribution in [0.3, 0.4) is 0 Å². The maximum Gasteiger partial charge on any atom is 0.311 e. The van der Waals surface area contributed by atoms with Crippen molar-refractivity contribution in [1.29, 1.82) is 0 Å². The molecule has 0 aliphatic carbocycles. The second-order valence-electron chi connectivity index (χ2n) is 3.65. The summed E-state index contributed by atoms with van der Waals surface area (Å²) in [5, 5.41) is 13.8. The summed E-state index contributed by atoms with van der Waals surface area (Å²) in [6.07, 6.45) is 2.09. The van der Waals surface area contributed by atoms with E-state index in [-0.39, 0.29) is 16.7 Å². The molecule has 0 spiro atoms. The lowest BCUT2D eigenvalue weighted by atomic mass is 10.4. The minimum absolute atomic E-state index is 0.0899. The molecule has 7 heteroatoms. The summed E-state index contributed by atoms with van der Waals surface area (Å²) in [5.74, 6) is 0.173. The molecule has 0 aromatic carbocycles.